The molecular formula is C24H27F3N4O2S. The molecule has 182 valence electrons. The number of hydrogen-bond donors (Lipinski definition) is 2. The quantitative estimate of drug-likeness (QED) is 0.271. The summed E-state index contributed by atoms with van der Waals surface area (Å²) in [5, 5.41) is 4.93. The second-order valence-corrected chi connectivity index (χ2v) is 8.61. The predicted molar refractivity (Wildman–Crippen MR) is 127 cm³/mol. The number of anilines is 2. The van der Waals surface area contributed by atoms with Crippen molar-refractivity contribution in [2.75, 3.05) is 11.9 Å². The highest BCUT2D eigenvalue weighted by atomic mass is 32.1. The van der Waals surface area contributed by atoms with Gasteiger partial charge in [0.15, 0.2) is 5.13 Å². The number of amides is 1. The van der Waals surface area contributed by atoms with E-state index in [1.165, 1.54) is 36.1 Å². The van der Waals surface area contributed by atoms with E-state index in [0.717, 1.165) is 31.7 Å². The average Bonchev–Trinajstić information content (AvgIpc) is 3.27. The Bertz CT molecular complexity index is 1100. The molecule has 2 aromatic heterocycles. The lowest BCUT2D eigenvalue weighted by Crippen LogP contribution is -2.14. The van der Waals surface area contributed by atoms with E-state index in [1.54, 1.807) is 17.5 Å². The number of nitrogens with zero attached hydrogens (tertiary/aromatic N) is 2. The van der Waals surface area contributed by atoms with Crippen molar-refractivity contribution in [1.82, 2.24) is 9.97 Å². The minimum Gasteiger partial charge on any atom is -0.493 e. The zero-order valence-corrected chi connectivity index (χ0v) is 19.6. The SMILES string of the molecule is CCCCCCCCOc1ccc(Nc2nc(-c3cccnc3C(N)=O)cs2)cc1C(F)(F)F. The largest absolute Gasteiger partial charge is 0.493 e. The molecule has 0 bridgehead atoms. The zero-order chi connectivity index (χ0) is 24.6. The molecule has 3 rings (SSSR count). The van der Waals surface area contributed by atoms with Gasteiger partial charge in [-0.25, -0.2) is 4.98 Å². The number of unbranched alkanes of at least 4 members (excludes halogenated alkanes) is 5. The summed E-state index contributed by atoms with van der Waals surface area (Å²) in [5.74, 6) is -0.877. The molecule has 3 aromatic rings. The Kier molecular flexibility index (Phi) is 8.86. The van der Waals surface area contributed by atoms with Crippen molar-refractivity contribution >= 4 is 28.1 Å². The van der Waals surface area contributed by atoms with Crippen LogP contribution in [0.15, 0.2) is 41.9 Å². The van der Waals surface area contributed by atoms with Gasteiger partial charge in [0, 0.05) is 22.8 Å². The summed E-state index contributed by atoms with van der Waals surface area (Å²) < 4.78 is 46.4. The van der Waals surface area contributed by atoms with Crippen molar-refractivity contribution in [3.63, 3.8) is 0 Å². The summed E-state index contributed by atoms with van der Waals surface area (Å²) in [7, 11) is 0. The number of nitrogens with two attached hydrogens (primary N) is 1. The highest BCUT2D eigenvalue weighted by Gasteiger charge is 2.34. The van der Waals surface area contributed by atoms with Gasteiger partial charge in [0.1, 0.15) is 11.4 Å². The molecule has 0 aliphatic rings. The van der Waals surface area contributed by atoms with E-state index in [9.17, 15) is 18.0 Å². The van der Waals surface area contributed by atoms with Gasteiger partial charge in [-0.1, -0.05) is 39.0 Å². The first-order valence-electron chi connectivity index (χ1n) is 11.1. The molecule has 0 aliphatic carbocycles. The molecule has 0 radical (unpaired) electrons. The van der Waals surface area contributed by atoms with Gasteiger partial charge in [-0.3, -0.25) is 9.78 Å². The Hall–Kier alpha value is -3.14. The number of alkyl halides is 3. The molecule has 10 heteroatoms. The van der Waals surface area contributed by atoms with E-state index >= 15 is 0 Å². The molecule has 0 unspecified atom stereocenters. The normalized spacial score (nSPS) is 11.4. The molecule has 0 aliphatic heterocycles. The first-order chi connectivity index (χ1) is 16.3. The summed E-state index contributed by atoms with van der Waals surface area (Å²) in [4.78, 5) is 20.0. The van der Waals surface area contributed by atoms with E-state index in [1.807, 2.05) is 0 Å². The maximum atomic E-state index is 13.7. The lowest BCUT2D eigenvalue weighted by atomic mass is 10.1. The van der Waals surface area contributed by atoms with Crippen LogP contribution in [0.5, 0.6) is 5.75 Å². The Balaban J connectivity index is 1.70. The minimum atomic E-state index is -4.56. The highest BCUT2D eigenvalue weighted by molar-refractivity contribution is 7.14. The Morgan fingerprint density at radius 2 is 1.91 bits per heavy atom. The molecule has 0 saturated heterocycles. The van der Waals surface area contributed by atoms with Crippen LogP contribution in [0.25, 0.3) is 11.3 Å². The van der Waals surface area contributed by atoms with Crippen molar-refractivity contribution < 1.29 is 22.7 Å². The van der Waals surface area contributed by atoms with Gasteiger partial charge in [0.2, 0.25) is 0 Å². The molecule has 6 nitrogen and oxygen atoms in total. The van der Waals surface area contributed by atoms with Gasteiger partial charge in [0.25, 0.3) is 5.91 Å². The third-order valence-corrected chi connectivity index (χ3v) is 5.87. The van der Waals surface area contributed by atoms with Crippen LogP contribution < -0.4 is 15.8 Å². The third-order valence-electron chi connectivity index (χ3n) is 5.11. The minimum absolute atomic E-state index is 0.0746. The van der Waals surface area contributed by atoms with Crippen molar-refractivity contribution in [3.05, 3.63) is 53.2 Å². The Labute approximate surface area is 200 Å². The van der Waals surface area contributed by atoms with Crippen molar-refractivity contribution in [3.8, 4) is 17.0 Å². The number of aromatic nitrogens is 2. The third kappa shape index (κ3) is 6.93. The molecule has 0 fully saturated rings. The van der Waals surface area contributed by atoms with Crippen LogP contribution in [-0.4, -0.2) is 22.5 Å². The number of halogens is 3. The van der Waals surface area contributed by atoms with Crippen LogP contribution in [-0.2, 0) is 6.18 Å². The van der Waals surface area contributed by atoms with Crippen LogP contribution in [0.4, 0.5) is 24.0 Å². The molecule has 2 heterocycles. The maximum absolute atomic E-state index is 13.7. The zero-order valence-electron chi connectivity index (χ0n) is 18.8. The Morgan fingerprint density at radius 3 is 2.65 bits per heavy atom. The van der Waals surface area contributed by atoms with Crippen LogP contribution in [0, 0.1) is 0 Å². The smallest absolute Gasteiger partial charge is 0.420 e. The number of nitrogens with one attached hydrogen (secondary N) is 1. The van der Waals surface area contributed by atoms with Gasteiger partial charge in [-0.2, -0.15) is 13.2 Å². The summed E-state index contributed by atoms with van der Waals surface area (Å²) >= 11 is 1.19. The van der Waals surface area contributed by atoms with Crippen LogP contribution in [0.2, 0.25) is 0 Å². The molecule has 1 amide bonds. The predicted octanol–water partition coefficient (Wildman–Crippen LogP) is 6.81. The summed E-state index contributed by atoms with van der Waals surface area (Å²) in [6.45, 7) is 2.37. The molecular weight excluding hydrogens is 465 g/mol. The van der Waals surface area contributed by atoms with Crippen molar-refractivity contribution in [2.24, 2.45) is 5.73 Å². The highest BCUT2D eigenvalue weighted by Crippen LogP contribution is 2.39. The summed E-state index contributed by atoms with van der Waals surface area (Å²) in [6.07, 6.45) is 3.04. The molecule has 3 N–H and O–H groups in total. The monoisotopic (exact) mass is 492 g/mol. The first-order valence-corrected chi connectivity index (χ1v) is 12.0. The number of thiazole rings is 1. The topological polar surface area (TPSA) is 90.1 Å². The lowest BCUT2D eigenvalue weighted by molar-refractivity contribution is -0.138. The Morgan fingerprint density at radius 1 is 1.15 bits per heavy atom. The summed E-state index contributed by atoms with van der Waals surface area (Å²) in [6, 6.07) is 7.16. The maximum Gasteiger partial charge on any atom is 0.420 e. The standard InChI is InChI=1S/C24H27F3N4O2S/c1-2-3-4-5-6-7-13-33-20-11-10-16(14-18(20)24(25,26)27)30-23-31-19(15-34-23)17-9-8-12-29-21(17)22(28)32/h8-12,14-15H,2-7,13H2,1H3,(H2,28,32)(H,30,31). The van der Waals surface area contributed by atoms with Gasteiger partial charge < -0.3 is 15.8 Å². The van der Waals surface area contributed by atoms with Gasteiger partial charge >= 0.3 is 6.18 Å². The van der Waals surface area contributed by atoms with Gasteiger partial charge in [-0.15, -0.1) is 11.3 Å². The summed E-state index contributed by atoms with van der Waals surface area (Å²) in [5.41, 5.74) is 5.72. The number of rotatable bonds is 12. The number of carbonyl (C=O) groups excluding carboxylic acids is 1. The molecule has 0 atom stereocenters. The fourth-order valence-electron chi connectivity index (χ4n) is 3.41. The van der Waals surface area contributed by atoms with E-state index in [0.29, 0.717) is 22.8 Å². The number of carbonyl (C=O) groups is 1. The van der Waals surface area contributed by atoms with Crippen molar-refractivity contribution in [2.45, 2.75) is 51.6 Å². The number of hydrogen-bond acceptors (Lipinski definition) is 6. The van der Waals surface area contributed by atoms with E-state index in [4.69, 9.17) is 10.5 Å². The molecule has 0 saturated carbocycles. The van der Waals surface area contributed by atoms with Crippen LogP contribution >= 0.6 is 11.3 Å². The fraction of sp³-hybridized carbons (Fsp3) is 0.375. The second kappa shape index (κ2) is 11.8. The molecule has 34 heavy (non-hydrogen) atoms. The second-order valence-electron chi connectivity index (χ2n) is 7.75. The fourth-order valence-corrected chi connectivity index (χ4v) is 4.14. The average molecular weight is 493 g/mol. The van der Waals surface area contributed by atoms with E-state index in [2.05, 4.69) is 22.2 Å². The van der Waals surface area contributed by atoms with Crippen LogP contribution in [0.1, 0.15) is 61.5 Å². The van der Waals surface area contributed by atoms with Crippen LogP contribution in [0.3, 0.4) is 0 Å². The lowest BCUT2D eigenvalue weighted by Gasteiger charge is -2.15. The first kappa shape index (κ1) is 25.5. The number of benzene rings is 1. The van der Waals surface area contributed by atoms with Crippen molar-refractivity contribution in [1.29, 1.82) is 0 Å². The van der Waals surface area contributed by atoms with E-state index < -0.39 is 17.6 Å². The number of pyridine rings is 1. The number of ether oxygens (including phenoxy) is 1. The molecule has 1 aromatic carbocycles. The van der Waals surface area contributed by atoms with Gasteiger partial charge in [0.05, 0.1) is 17.9 Å². The number of primary amides is 1. The van der Waals surface area contributed by atoms with Gasteiger partial charge in [-0.05, 0) is 36.8 Å². The molecule has 0 spiro atoms. The van der Waals surface area contributed by atoms with E-state index in [-0.39, 0.29) is 23.7 Å².